The lowest BCUT2D eigenvalue weighted by Crippen LogP contribution is -2.33. The van der Waals surface area contributed by atoms with Crippen molar-refractivity contribution < 1.29 is 9.13 Å². The number of rotatable bonds is 10. The van der Waals surface area contributed by atoms with Gasteiger partial charge in [-0.05, 0) is 168 Å². The third-order valence-corrected chi connectivity index (χ3v) is 15.4. The molecule has 11 aromatic carbocycles. The van der Waals surface area contributed by atoms with Crippen molar-refractivity contribution >= 4 is 89.9 Å². The summed E-state index contributed by atoms with van der Waals surface area (Å²) in [5, 5.41) is 7.38. The molecule has 2 aromatic heterocycles. The van der Waals surface area contributed by atoms with Crippen molar-refractivity contribution in [1.29, 1.82) is 0 Å². The molecule has 0 amide bonds. The molecule has 6 nitrogen and oxygen atoms in total. The first-order valence-corrected chi connectivity index (χ1v) is 26.3. The number of para-hydroxylation sites is 8. The Balaban J connectivity index is 0.995. The first-order valence-electron chi connectivity index (χ1n) is 26.3. The number of benzene rings is 11. The SMILES string of the molecule is C[n+]1c(-c2ccc(N(c3ccc(-c4n(-c5ccccc5)c5ccccc5[n+]4C)cc3)c3cc4c(cc(N(c5ccccc5)c5ccccc5)c5ccccc54)c4c3=CCCC=4)cc2)n(-c2ccccc2)c2ccccc21. The molecule has 76 heavy (non-hydrogen) atoms. The first-order chi connectivity index (χ1) is 37.6. The molecule has 0 saturated heterocycles. The number of nitrogens with zero attached hydrogens (tertiary/aromatic N) is 6. The maximum Gasteiger partial charge on any atom is 0.294 e. The molecule has 362 valence electrons. The average Bonchev–Trinajstić information content (AvgIpc) is 4.05. The highest BCUT2D eigenvalue weighted by atomic mass is 15.2. The fourth-order valence-corrected chi connectivity index (χ4v) is 12.0. The molecule has 0 atom stereocenters. The molecular formula is C70H54N6+2. The Kier molecular flexibility index (Phi) is 11.0. The van der Waals surface area contributed by atoms with Crippen LogP contribution in [0, 0.1) is 0 Å². The van der Waals surface area contributed by atoms with Gasteiger partial charge in [-0.25, -0.2) is 9.13 Å². The van der Waals surface area contributed by atoms with Crippen molar-refractivity contribution in [3.63, 3.8) is 0 Å². The van der Waals surface area contributed by atoms with E-state index in [9.17, 15) is 0 Å². The minimum absolute atomic E-state index is 0.957. The molecule has 0 fully saturated rings. The van der Waals surface area contributed by atoms with Gasteiger partial charge in [-0.15, -0.1) is 0 Å². The van der Waals surface area contributed by atoms with Gasteiger partial charge in [-0.1, -0.05) is 133 Å². The van der Waals surface area contributed by atoms with Crippen LogP contribution in [0.3, 0.4) is 0 Å². The Labute approximate surface area is 442 Å². The highest BCUT2D eigenvalue weighted by Crippen LogP contribution is 2.43. The van der Waals surface area contributed by atoms with Crippen LogP contribution >= 0.6 is 0 Å². The average molecular weight is 979 g/mol. The van der Waals surface area contributed by atoms with Crippen molar-refractivity contribution in [3.8, 4) is 34.2 Å². The molecule has 0 radical (unpaired) electrons. The summed E-state index contributed by atoms with van der Waals surface area (Å²) < 4.78 is 9.42. The maximum atomic E-state index is 2.49. The Morgan fingerprint density at radius 3 is 1.21 bits per heavy atom. The van der Waals surface area contributed by atoms with Crippen LogP contribution in [0.15, 0.2) is 255 Å². The van der Waals surface area contributed by atoms with Crippen molar-refractivity contribution in [3.05, 3.63) is 265 Å². The van der Waals surface area contributed by atoms with E-state index in [4.69, 9.17) is 0 Å². The summed E-state index contributed by atoms with van der Waals surface area (Å²) in [6, 6.07) is 92.6. The molecule has 2 heterocycles. The van der Waals surface area contributed by atoms with Crippen LogP contribution in [-0.2, 0) is 14.1 Å². The zero-order valence-electron chi connectivity index (χ0n) is 42.5. The molecule has 0 spiro atoms. The summed E-state index contributed by atoms with van der Waals surface area (Å²) >= 11 is 0. The predicted molar refractivity (Wildman–Crippen MR) is 315 cm³/mol. The molecule has 0 N–H and O–H groups in total. The molecule has 0 bridgehead atoms. The zero-order chi connectivity index (χ0) is 50.7. The third kappa shape index (κ3) is 7.40. The minimum Gasteiger partial charge on any atom is -0.310 e. The second-order valence-electron chi connectivity index (χ2n) is 19.8. The van der Waals surface area contributed by atoms with Gasteiger partial charge in [-0.2, -0.15) is 9.13 Å². The van der Waals surface area contributed by atoms with Gasteiger partial charge in [0.05, 0.1) is 36.6 Å². The van der Waals surface area contributed by atoms with E-state index >= 15 is 0 Å². The van der Waals surface area contributed by atoms with Gasteiger partial charge < -0.3 is 9.80 Å². The van der Waals surface area contributed by atoms with Crippen molar-refractivity contribution in [1.82, 2.24) is 9.13 Å². The van der Waals surface area contributed by atoms with Gasteiger partial charge in [0.2, 0.25) is 0 Å². The molecule has 14 rings (SSSR count). The highest BCUT2D eigenvalue weighted by molar-refractivity contribution is 6.16. The second-order valence-corrected chi connectivity index (χ2v) is 19.8. The molecule has 0 saturated carbocycles. The number of aromatic nitrogens is 4. The summed E-state index contributed by atoms with van der Waals surface area (Å²) in [6.45, 7) is 0. The molecule has 1 aliphatic rings. The number of anilines is 6. The standard InChI is InChI=1S/C70H54N6/c1-71-63-35-19-21-37-65(63)75(53-27-11-5-12-28-53)69(71)49-39-43-55(44-40-49)74(56-45-41-50(42-46-56)70-72(2)64-36-20-22-38-66(64)76(70)54-29-13-6-14-30-54)68-48-62-57-31-15-17-33-59(57)67(47-61(62)58-32-16-18-34-60(58)68)73(51-23-7-3-8-24-51)52-25-9-4-10-26-52/h3-15,17,19-48H,16,18H2,1-2H3/q+2. The molecule has 13 aromatic rings. The first kappa shape index (κ1) is 44.9. The second kappa shape index (κ2) is 18.6. The van der Waals surface area contributed by atoms with E-state index in [2.05, 4.69) is 309 Å². The van der Waals surface area contributed by atoms with E-state index < -0.39 is 0 Å². The number of imidazole rings is 2. The quantitative estimate of drug-likeness (QED) is 0.101. The largest absolute Gasteiger partial charge is 0.310 e. The van der Waals surface area contributed by atoms with Crippen LogP contribution in [0.25, 0.3) is 89.9 Å². The van der Waals surface area contributed by atoms with E-state index in [0.29, 0.717) is 0 Å². The van der Waals surface area contributed by atoms with Gasteiger partial charge in [0.15, 0.2) is 22.1 Å². The van der Waals surface area contributed by atoms with Gasteiger partial charge in [0, 0.05) is 33.4 Å². The van der Waals surface area contributed by atoms with Gasteiger partial charge in [0.25, 0.3) is 11.6 Å². The molecule has 0 unspecified atom stereocenters. The summed E-state index contributed by atoms with van der Waals surface area (Å²) in [5.74, 6) is 2.23. The Bertz CT molecular complexity index is 4240. The molecule has 1 aliphatic carbocycles. The summed E-state index contributed by atoms with van der Waals surface area (Å²) in [4.78, 5) is 4.91. The van der Waals surface area contributed by atoms with Gasteiger partial charge in [0.1, 0.15) is 11.4 Å². The topological polar surface area (TPSA) is 24.1 Å². The van der Waals surface area contributed by atoms with E-state index in [1.807, 2.05) is 0 Å². The minimum atomic E-state index is 0.957. The smallest absolute Gasteiger partial charge is 0.294 e. The van der Waals surface area contributed by atoms with Crippen LogP contribution in [0.2, 0.25) is 0 Å². The Morgan fingerprint density at radius 1 is 0.329 bits per heavy atom. The summed E-state index contributed by atoms with van der Waals surface area (Å²) in [5.41, 5.74) is 15.9. The molecular weight excluding hydrogens is 925 g/mol. The van der Waals surface area contributed by atoms with Crippen LogP contribution in [0.4, 0.5) is 34.1 Å². The fraction of sp³-hybridized carbons (Fsp3) is 0.0571. The molecule has 6 heteroatoms. The predicted octanol–water partition coefficient (Wildman–Crippen LogP) is 15.2. The normalized spacial score (nSPS) is 12.2. The van der Waals surface area contributed by atoms with Gasteiger partial charge in [-0.3, -0.25) is 0 Å². The van der Waals surface area contributed by atoms with E-state index in [1.54, 1.807) is 0 Å². The van der Waals surface area contributed by atoms with Gasteiger partial charge >= 0.3 is 0 Å². The molecule has 0 aliphatic heterocycles. The number of hydrogen-bond donors (Lipinski definition) is 0. The van der Waals surface area contributed by atoms with Crippen LogP contribution in [0.1, 0.15) is 12.8 Å². The van der Waals surface area contributed by atoms with E-state index in [-0.39, 0.29) is 0 Å². The third-order valence-electron chi connectivity index (χ3n) is 15.4. The van der Waals surface area contributed by atoms with E-state index in [1.165, 1.54) is 43.0 Å². The summed E-state index contributed by atoms with van der Waals surface area (Å²) in [7, 11) is 4.36. The van der Waals surface area contributed by atoms with E-state index in [0.717, 1.165) is 92.1 Å². The highest BCUT2D eigenvalue weighted by Gasteiger charge is 2.29. The van der Waals surface area contributed by atoms with Crippen molar-refractivity contribution in [2.75, 3.05) is 9.80 Å². The monoisotopic (exact) mass is 978 g/mol. The van der Waals surface area contributed by atoms with Crippen LogP contribution in [-0.4, -0.2) is 9.13 Å². The summed E-state index contributed by atoms with van der Waals surface area (Å²) in [6.07, 6.45) is 6.87. The Hall–Kier alpha value is -9.78. The van der Waals surface area contributed by atoms with Crippen LogP contribution < -0.4 is 29.4 Å². The van der Waals surface area contributed by atoms with Crippen molar-refractivity contribution in [2.24, 2.45) is 14.1 Å². The number of hydrogen-bond acceptors (Lipinski definition) is 2. The lowest BCUT2D eigenvalue weighted by Gasteiger charge is -2.29. The number of fused-ring (bicyclic) bond motifs is 7. The van der Waals surface area contributed by atoms with Crippen LogP contribution in [0.5, 0.6) is 0 Å². The zero-order valence-corrected chi connectivity index (χ0v) is 42.5. The Morgan fingerprint density at radius 2 is 0.711 bits per heavy atom. The lowest BCUT2D eigenvalue weighted by atomic mass is 9.93. The number of aryl methyl sites for hydroxylation is 2. The fourth-order valence-electron chi connectivity index (χ4n) is 12.0. The maximum absolute atomic E-state index is 2.49. The lowest BCUT2D eigenvalue weighted by molar-refractivity contribution is -0.633. The van der Waals surface area contributed by atoms with Crippen molar-refractivity contribution in [2.45, 2.75) is 12.8 Å².